The lowest BCUT2D eigenvalue weighted by Crippen LogP contribution is -2.17. The minimum absolute atomic E-state index is 0.0804. The smallest absolute Gasteiger partial charge is 0.271 e. The number of phenolic OH excluding ortho intramolecular Hbond substituents is 1. The predicted molar refractivity (Wildman–Crippen MR) is 90.5 cm³/mol. The normalized spacial score (nSPS) is 10.6. The summed E-state index contributed by atoms with van der Waals surface area (Å²) in [7, 11) is 1.43. The van der Waals surface area contributed by atoms with Crippen LogP contribution >= 0.6 is 15.9 Å². The summed E-state index contributed by atoms with van der Waals surface area (Å²) in [6.45, 7) is 0. The number of carbonyl (C=O) groups excluding carboxylic acids is 1. The Morgan fingerprint density at radius 1 is 1.33 bits per heavy atom. The zero-order chi connectivity index (χ0) is 17.7. The molecule has 24 heavy (non-hydrogen) atoms. The Kier molecular flexibility index (Phi) is 5.48. The van der Waals surface area contributed by atoms with Crippen molar-refractivity contribution in [2.75, 3.05) is 7.11 Å². The first-order chi connectivity index (χ1) is 11.4. The third-order valence-corrected chi connectivity index (χ3v) is 3.87. The lowest BCUT2D eigenvalue weighted by molar-refractivity contribution is -0.384. The first-order valence-corrected chi connectivity index (χ1v) is 7.36. The van der Waals surface area contributed by atoms with Crippen LogP contribution in [0.5, 0.6) is 11.5 Å². The largest absolute Gasteiger partial charge is 0.503 e. The molecule has 2 aromatic rings. The van der Waals surface area contributed by atoms with Gasteiger partial charge in [0.15, 0.2) is 11.5 Å². The van der Waals surface area contributed by atoms with Gasteiger partial charge in [-0.15, -0.1) is 0 Å². The fourth-order valence-electron chi connectivity index (χ4n) is 1.79. The highest BCUT2D eigenvalue weighted by molar-refractivity contribution is 9.10. The van der Waals surface area contributed by atoms with Gasteiger partial charge in [-0.2, -0.15) is 5.10 Å². The van der Waals surface area contributed by atoms with Gasteiger partial charge in [0.1, 0.15) is 0 Å². The van der Waals surface area contributed by atoms with E-state index in [4.69, 9.17) is 4.74 Å². The van der Waals surface area contributed by atoms with Crippen LogP contribution in [0.25, 0.3) is 0 Å². The van der Waals surface area contributed by atoms with Gasteiger partial charge in [0.25, 0.3) is 11.6 Å². The Morgan fingerprint density at radius 3 is 2.58 bits per heavy atom. The van der Waals surface area contributed by atoms with Gasteiger partial charge in [-0.1, -0.05) is 0 Å². The van der Waals surface area contributed by atoms with E-state index in [1.54, 1.807) is 12.1 Å². The SMILES string of the molecule is COc1ccc(/C=N/NC(=O)c2ccc([N+](=O)[O-])cc2)c(Br)c1O. The van der Waals surface area contributed by atoms with E-state index in [1.807, 2.05) is 0 Å². The molecular formula is C15H12BrN3O5. The van der Waals surface area contributed by atoms with Gasteiger partial charge in [0, 0.05) is 23.3 Å². The second-order valence-electron chi connectivity index (χ2n) is 4.52. The van der Waals surface area contributed by atoms with Crippen LogP contribution < -0.4 is 10.2 Å². The monoisotopic (exact) mass is 393 g/mol. The zero-order valence-corrected chi connectivity index (χ0v) is 14.0. The molecule has 0 radical (unpaired) electrons. The molecule has 2 rings (SSSR count). The summed E-state index contributed by atoms with van der Waals surface area (Å²) in [5, 5.41) is 24.2. The summed E-state index contributed by atoms with van der Waals surface area (Å²) < 4.78 is 5.34. The number of ether oxygens (including phenoxy) is 1. The van der Waals surface area contributed by atoms with Gasteiger partial charge >= 0.3 is 0 Å². The number of phenols is 1. The number of methoxy groups -OCH3 is 1. The molecule has 1 amide bonds. The van der Waals surface area contributed by atoms with Crippen molar-refractivity contribution < 1.29 is 19.6 Å². The Labute approximate surface area is 145 Å². The van der Waals surface area contributed by atoms with Crippen molar-refractivity contribution in [2.24, 2.45) is 5.10 Å². The highest BCUT2D eigenvalue weighted by Gasteiger charge is 2.10. The van der Waals surface area contributed by atoms with Gasteiger partial charge in [-0.25, -0.2) is 5.43 Å². The number of rotatable bonds is 5. The molecule has 2 aromatic carbocycles. The van der Waals surface area contributed by atoms with Crippen molar-refractivity contribution in [1.29, 1.82) is 0 Å². The highest BCUT2D eigenvalue weighted by Crippen LogP contribution is 2.35. The molecule has 0 saturated carbocycles. The minimum Gasteiger partial charge on any atom is -0.503 e. The molecule has 0 unspecified atom stereocenters. The van der Waals surface area contributed by atoms with E-state index in [1.165, 1.54) is 37.6 Å². The molecule has 0 fully saturated rings. The van der Waals surface area contributed by atoms with E-state index in [9.17, 15) is 20.0 Å². The maximum Gasteiger partial charge on any atom is 0.271 e. The summed E-state index contributed by atoms with van der Waals surface area (Å²) in [5.41, 5.74) is 2.95. The van der Waals surface area contributed by atoms with Crippen LogP contribution in [0.2, 0.25) is 0 Å². The molecule has 0 aliphatic carbocycles. The van der Waals surface area contributed by atoms with Crippen LogP contribution in [0.1, 0.15) is 15.9 Å². The molecule has 0 spiro atoms. The van der Waals surface area contributed by atoms with E-state index < -0.39 is 10.8 Å². The lowest BCUT2D eigenvalue weighted by atomic mass is 10.2. The van der Waals surface area contributed by atoms with Crippen LogP contribution in [-0.2, 0) is 0 Å². The van der Waals surface area contributed by atoms with E-state index in [2.05, 4.69) is 26.5 Å². The summed E-state index contributed by atoms with van der Waals surface area (Å²) >= 11 is 3.21. The molecule has 124 valence electrons. The second kappa shape index (κ2) is 7.55. The van der Waals surface area contributed by atoms with Crippen molar-refractivity contribution in [3.63, 3.8) is 0 Å². The van der Waals surface area contributed by atoms with Crippen molar-refractivity contribution in [2.45, 2.75) is 0 Å². The quantitative estimate of drug-likeness (QED) is 0.460. The van der Waals surface area contributed by atoms with Crippen LogP contribution in [0.4, 0.5) is 5.69 Å². The van der Waals surface area contributed by atoms with Crippen LogP contribution in [-0.4, -0.2) is 29.3 Å². The average Bonchev–Trinajstić information content (AvgIpc) is 2.58. The second-order valence-corrected chi connectivity index (χ2v) is 5.32. The van der Waals surface area contributed by atoms with Gasteiger partial charge in [-0.05, 0) is 40.2 Å². The molecule has 9 heteroatoms. The number of hydrazone groups is 1. The lowest BCUT2D eigenvalue weighted by Gasteiger charge is -2.06. The standard InChI is InChI=1S/C15H12BrN3O5/c1-24-12-7-4-10(13(16)14(12)20)8-17-18-15(21)9-2-5-11(6-3-9)19(22)23/h2-8,20H,1H3,(H,18,21)/b17-8+. The molecule has 0 atom stereocenters. The predicted octanol–water partition coefficient (Wildman–Crippen LogP) is 2.84. The summed E-state index contributed by atoms with van der Waals surface area (Å²) in [6.07, 6.45) is 1.34. The average molecular weight is 394 g/mol. The van der Waals surface area contributed by atoms with Crippen molar-refractivity contribution in [1.82, 2.24) is 5.43 Å². The molecule has 0 bridgehead atoms. The highest BCUT2D eigenvalue weighted by atomic mass is 79.9. The molecule has 0 aliphatic rings. The number of carbonyl (C=O) groups is 1. The maximum atomic E-state index is 11.9. The molecule has 0 heterocycles. The number of non-ortho nitro benzene ring substituents is 1. The van der Waals surface area contributed by atoms with E-state index >= 15 is 0 Å². The summed E-state index contributed by atoms with van der Waals surface area (Å²) in [5.74, 6) is -0.299. The topological polar surface area (TPSA) is 114 Å². The number of hydrogen-bond donors (Lipinski definition) is 2. The first-order valence-electron chi connectivity index (χ1n) is 6.57. The van der Waals surface area contributed by atoms with Gasteiger partial charge < -0.3 is 9.84 Å². The number of nitrogens with zero attached hydrogens (tertiary/aromatic N) is 2. The summed E-state index contributed by atoms with van der Waals surface area (Å²) in [6, 6.07) is 8.33. The Morgan fingerprint density at radius 2 is 2.00 bits per heavy atom. The first kappa shape index (κ1) is 17.4. The minimum atomic E-state index is -0.548. The van der Waals surface area contributed by atoms with E-state index in [0.29, 0.717) is 15.8 Å². The molecule has 0 saturated heterocycles. The van der Waals surface area contributed by atoms with Crippen LogP contribution in [0.3, 0.4) is 0 Å². The molecule has 8 nitrogen and oxygen atoms in total. The van der Waals surface area contributed by atoms with Crippen LogP contribution in [0.15, 0.2) is 46.0 Å². The number of hydrogen-bond acceptors (Lipinski definition) is 6. The Bertz CT molecular complexity index is 806. The number of nitro groups is 1. The fraction of sp³-hybridized carbons (Fsp3) is 0.0667. The van der Waals surface area contributed by atoms with Crippen molar-refractivity contribution in [3.8, 4) is 11.5 Å². The van der Waals surface area contributed by atoms with Crippen molar-refractivity contribution in [3.05, 3.63) is 62.1 Å². The van der Waals surface area contributed by atoms with Gasteiger partial charge in [0.2, 0.25) is 0 Å². The van der Waals surface area contributed by atoms with Gasteiger partial charge in [-0.3, -0.25) is 14.9 Å². The number of benzene rings is 2. The maximum absolute atomic E-state index is 11.9. The Balaban J connectivity index is 2.07. The van der Waals surface area contributed by atoms with Crippen LogP contribution in [0, 0.1) is 10.1 Å². The van der Waals surface area contributed by atoms with Gasteiger partial charge in [0.05, 0.1) is 22.7 Å². The molecule has 0 aliphatic heterocycles. The number of halogens is 1. The molecule has 0 aromatic heterocycles. The van der Waals surface area contributed by atoms with Crippen molar-refractivity contribution >= 4 is 33.7 Å². The summed E-state index contributed by atoms with van der Waals surface area (Å²) in [4.78, 5) is 21.9. The number of amides is 1. The fourth-order valence-corrected chi connectivity index (χ4v) is 2.22. The van der Waals surface area contributed by atoms with E-state index in [0.717, 1.165) is 0 Å². The number of nitro benzene ring substituents is 1. The number of nitrogens with one attached hydrogen (secondary N) is 1. The third kappa shape index (κ3) is 3.87. The zero-order valence-electron chi connectivity index (χ0n) is 12.4. The molecule has 2 N–H and O–H groups in total. The number of aromatic hydroxyl groups is 1. The Hall–Kier alpha value is -2.94. The third-order valence-electron chi connectivity index (χ3n) is 3.04. The van der Waals surface area contributed by atoms with E-state index in [-0.39, 0.29) is 17.0 Å². The molecular weight excluding hydrogens is 382 g/mol.